The van der Waals surface area contributed by atoms with E-state index in [1.807, 2.05) is 0 Å². The number of halogens is 5. The summed E-state index contributed by atoms with van der Waals surface area (Å²) in [6.07, 6.45) is -10.2. The molecule has 2 atom stereocenters. The van der Waals surface area contributed by atoms with Crippen LogP contribution in [0.2, 0.25) is 0 Å². The molecule has 0 aliphatic carbocycles. The average Bonchev–Trinajstić information content (AvgIpc) is 2.87. The van der Waals surface area contributed by atoms with Crippen LogP contribution in [0.25, 0.3) is 0 Å². The van der Waals surface area contributed by atoms with Crippen molar-refractivity contribution in [3.8, 4) is 0 Å². The fourth-order valence-electron chi connectivity index (χ4n) is 2.93. The molecule has 0 amide bonds. The Balaban J connectivity index is 0.000000724. The summed E-state index contributed by atoms with van der Waals surface area (Å²) in [4.78, 5) is 15.1. The highest BCUT2D eigenvalue weighted by Gasteiger charge is 2.63. The molecule has 0 spiro atoms. The Morgan fingerprint density at radius 2 is 1.12 bits per heavy atom. The summed E-state index contributed by atoms with van der Waals surface area (Å²) in [5.74, 6) is -2.83. The standard InChI is InChI=1S/C18H15S.C8H11F5O5S.2CH4/c1-4-10-16(11-5-1)19(17-12-6-2-7-13-17)18-14-8-3-9-15-18;1-3-4(2)5(14)18-6(7(9,10)11)8(12,13)19(15,16)17;;/h1-15H;4,6H,3H2,1-2H3,(H,15,16,17);2*1H4/q+1;;;/p-1. The molecule has 0 N–H and O–H groups in total. The molecule has 12 heteroatoms. The Labute approximate surface area is 235 Å². The first-order chi connectivity index (χ1) is 17.7. The zero-order valence-electron chi connectivity index (χ0n) is 20.3. The number of alkyl halides is 5. The fraction of sp³-hybridized carbons (Fsp3) is 0.321. The summed E-state index contributed by atoms with van der Waals surface area (Å²) in [5.41, 5.74) is 0. The lowest BCUT2D eigenvalue weighted by molar-refractivity contribution is -0.260. The van der Waals surface area contributed by atoms with E-state index in [4.69, 9.17) is 0 Å². The smallest absolute Gasteiger partial charge is 0.432 e. The van der Waals surface area contributed by atoms with E-state index in [1.165, 1.54) is 21.6 Å². The Kier molecular flexibility index (Phi) is 14.6. The van der Waals surface area contributed by atoms with Crippen LogP contribution in [0.5, 0.6) is 0 Å². The first-order valence-electron chi connectivity index (χ1n) is 11.2. The zero-order chi connectivity index (χ0) is 28.6. The first kappa shape index (κ1) is 37.0. The topological polar surface area (TPSA) is 83.5 Å². The third kappa shape index (κ3) is 9.90. The largest absolute Gasteiger partial charge is 0.743 e. The van der Waals surface area contributed by atoms with Crippen molar-refractivity contribution in [2.75, 3.05) is 0 Å². The Morgan fingerprint density at radius 3 is 1.38 bits per heavy atom. The second-order valence-electron chi connectivity index (χ2n) is 7.93. The van der Waals surface area contributed by atoms with Crippen molar-refractivity contribution in [2.45, 2.75) is 67.3 Å². The van der Waals surface area contributed by atoms with E-state index in [9.17, 15) is 39.7 Å². The van der Waals surface area contributed by atoms with Gasteiger partial charge in [-0.3, -0.25) is 4.79 Å². The van der Waals surface area contributed by atoms with Gasteiger partial charge < -0.3 is 9.29 Å². The number of ether oxygens (including phenoxy) is 1. The van der Waals surface area contributed by atoms with Crippen LogP contribution in [0.4, 0.5) is 22.0 Å². The van der Waals surface area contributed by atoms with Gasteiger partial charge in [-0.15, -0.1) is 0 Å². The second-order valence-corrected chi connectivity index (χ2v) is 11.4. The maximum absolute atomic E-state index is 12.9. The Bertz CT molecular complexity index is 1160. The van der Waals surface area contributed by atoms with Gasteiger partial charge in [0, 0.05) is 0 Å². The van der Waals surface area contributed by atoms with Gasteiger partial charge in [0.2, 0.25) is 0 Å². The first-order valence-corrected chi connectivity index (χ1v) is 13.8. The third-order valence-electron chi connectivity index (χ3n) is 5.12. The van der Waals surface area contributed by atoms with Crippen molar-refractivity contribution >= 4 is 27.0 Å². The molecule has 2 unspecified atom stereocenters. The molecule has 0 aliphatic rings. The van der Waals surface area contributed by atoms with Gasteiger partial charge in [-0.25, -0.2) is 8.42 Å². The van der Waals surface area contributed by atoms with Crippen molar-refractivity contribution in [2.24, 2.45) is 5.92 Å². The molecule has 40 heavy (non-hydrogen) atoms. The molecule has 0 heterocycles. The van der Waals surface area contributed by atoms with Crippen LogP contribution in [0.15, 0.2) is 106 Å². The predicted octanol–water partition coefficient (Wildman–Crippen LogP) is 7.70. The molecule has 0 saturated heterocycles. The van der Waals surface area contributed by atoms with Crippen LogP contribution in [0.1, 0.15) is 35.1 Å². The molecule has 0 aromatic heterocycles. The number of hydrogen-bond donors (Lipinski definition) is 0. The average molecular weight is 609 g/mol. The van der Waals surface area contributed by atoms with E-state index < -0.39 is 39.5 Å². The molecular formula is C28H33F5O5S2. The molecule has 3 aromatic carbocycles. The quantitative estimate of drug-likeness (QED) is 0.113. The van der Waals surface area contributed by atoms with Crippen LogP contribution in [0.3, 0.4) is 0 Å². The normalized spacial score (nSPS) is 13.0. The Morgan fingerprint density at radius 1 is 0.800 bits per heavy atom. The number of carbonyl (C=O) groups excluding carboxylic acids is 1. The number of hydrogen-bond acceptors (Lipinski definition) is 5. The minimum Gasteiger partial charge on any atom is -0.743 e. The Hall–Kier alpha value is -2.96. The van der Waals surface area contributed by atoms with Crippen molar-refractivity contribution in [3.63, 3.8) is 0 Å². The molecule has 0 aliphatic heterocycles. The van der Waals surface area contributed by atoms with E-state index in [1.54, 1.807) is 0 Å². The minimum absolute atomic E-state index is 0. The molecule has 222 valence electrons. The molecule has 0 saturated carbocycles. The number of rotatable bonds is 8. The third-order valence-corrected chi connectivity index (χ3v) is 8.23. The molecule has 5 nitrogen and oxygen atoms in total. The lowest BCUT2D eigenvalue weighted by atomic mass is 10.1. The van der Waals surface area contributed by atoms with Crippen molar-refractivity contribution in [3.05, 3.63) is 91.0 Å². The summed E-state index contributed by atoms with van der Waals surface area (Å²) in [7, 11) is -6.66. The zero-order valence-corrected chi connectivity index (χ0v) is 21.9. The van der Waals surface area contributed by atoms with Gasteiger partial charge in [0.1, 0.15) is 0 Å². The molecule has 3 rings (SSSR count). The molecule has 0 fully saturated rings. The summed E-state index contributed by atoms with van der Waals surface area (Å²) < 4.78 is 96.7. The van der Waals surface area contributed by atoms with Crippen molar-refractivity contribution in [1.82, 2.24) is 0 Å². The maximum atomic E-state index is 12.9. The van der Waals surface area contributed by atoms with Crippen LogP contribution in [0, 0.1) is 5.92 Å². The van der Waals surface area contributed by atoms with E-state index in [-0.39, 0.29) is 32.2 Å². The number of esters is 1. The lowest BCUT2D eigenvalue weighted by Gasteiger charge is -2.30. The minimum atomic E-state index is -6.64. The monoisotopic (exact) mass is 608 g/mol. The fourth-order valence-corrected chi connectivity index (χ4v) is 5.48. The summed E-state index contributed by atoms with van der Waals surface area (Å²) >= 11 is 0. The maximum Gasteiger partial charge on any atom is 0.432 e. The summed E-state index contributed by atoms with van der Waals surface area (Å²) in [6, 6.07) is 32.2. The molecule has 0 radical (unpaired) electrons. The van der Waals surface area contributed by atoms with Gasteiger partial charge in [-0.1, -0.05) is 83.3 Å². The van der Waals surface area contributed by atoms with Gasteiger partial charge in [-0.05, 0) is 42.8 Å². The highest BCUT2D eigenvalue weighted by molar-refractivity contribution is 7.97. The lowest BCUT2D eigenvalue weighted by Crippen LogP contribution is -2.52. The predicted molar refractivity (Wildman–Crippen MR) is 145 cm³/mol. The van der Waals surface area contributed by atoms with Crippen LogP contribution >= 0.6 is 0 Å². The van der Waals surface area contributed by atoms with Crippen LogP contribution < -0.4 is 0 Å². The summed E-state index contributed by atoms with van der Waals surface area (Å²) in [5, 5.41) is -5.80. The van der Waals surface area contributed by atoms with Crippen LogP contribution in [-0.2, 0) is 30.5 Å². The molecule has 3 aromatic rings. The SMILES string of the molecule is C.C.CCC(C)C(=O)OC(C(F)(F)F)C(F)(F)S(=O)(=O)[O-].c1ccc([S+](c2ccccc2)c2ccccc2)cc1. The van der Waals surface area contributed by atoms with Gasteiger partial charge in [0.15, 0.2) is 24.8 Å². The number of carbonyl (C=O) groups is 1. The van der Waals surface area contributed by atoms with Crippen LogP contribution in [-0.4, -0.2) is 36.5 Å². The molecular weight excluding hydrogens is 575 g/mol. The highest BCUT2D eigenvalue weighted by Crippen LogP contribution is 2.38. The van der Waals surface area contributed by atoms with E-state index in [0.29, 0.717) is 0 Å². The summed E-state index contributed by atoms with van der Waals surface area (Å²) in [6.45, 7) is 2.47. The van der Waals surface area contributed by atoms with E-state index in [2.05, 4.69) is 95.7 Å². The van der Waals surface area contributed by atoms with Gasteiger partial charge in [-0.2, -0.15) is 22.0 Å². The van der Waals surface area contributed by atoms with Crippen molar-refractivity contribution in [1.29, 1.82) is 0 Å². The highest BCUT2D eigenvalue weighted by atomic mass is 32.2. The van der Waals surface area contributed by atoms with Gasteiger partial charge in [0.25, 0.3) is 6.10 Å². The molecule has 0 bridgehead atoms. The van der Waals surface area contributed by atoms with Crippen molar-refractivity contribution < 1.29 is 44.5 Å². The van der Waals surface area contributed by atoms with E-state index >= 15 is 0 Å². The number of benzene rings is 3. The van der Waals surface area contributed by atoms with E-state index in [0.717, 1.165) is 6.92 Å². The second kappa shape index (κ2) is 15.7. The van der Waals surface area contributed by atoms with Gasteiger partial charge in [0.05, 0.1) is 16.8 Å². The van der Waals surface area contributed by atoms with Gasteiger partial charge >= 0.3 is 17.4 Å².